The van der Waals surface area contributed by atoms with Crippen LogP contribution in [0.2, 0.25) is 0 Å². The molecule has 0 saturated heterocycles. The molecule has 0 saturated carbocycles. The van der Waals surface area contributed by atoms with Gasteiger partial charge in [0.25, 0.3) is 0 Å². The van der Waals surface area contributed by atoms with Gasteiger partial charge in [-0.3, -0.25) is 0 Å². The summed E-state index contributed by atoms with van der Waals surface area (Å²) in [6.07, 6.45) is 15.1. The molecular weight excluding hydrogens is 1040 g/mol. The SMILES string of the molecule is CCCc1cc(N(c2cccc3c2CCCC3)c2cccc3c4ccccc4n(-c4cccc(CC)c4)c23)c2ccc3c(CCC)cc(N(c4cccc5c4CCCC5)c4cccc5c6ccccc6n(-c6cccc(CC)c6)c45)c4ccc1c2c34. The van der Waals surface area contributed by atoms with Crippen molar-refractivity contribution < 1.29 is 0 Å². The average Bonchev–Trinajstić information content (AvgIpc) is 1.05. The summed E-state index contributed by atoms with van der Waals surface area (Å²) in [6.45, 7) is 9.26. The van der Waals surface area contributed by atoms with Gasteiger partial charge in [-0.05, 0) is 216 Å². The third kappa shape index (κ3) is 8.23. The Kier molecular flexibility index (Phi) is 13.1. The van der Waals surface area contributed by atoms with Crippen molar-refractivity contribution in [1.82, 2.24) is 9.13 Å². The Hall–Kier alpha value is -9.12. The molecule has 0 fully saturated rings. The van der Waals surface area contributed by atoms with Gasteiger partial charge in [0.15, 0.2) is 0 Å². The van der Waals surface area contributed by atoms with Crippen molar-refractivity contribution in [3.05, 3.63) is 251 Å². The maximum absolute atomic E-state index is 2.74. The molecule has 2 aliphatic rings. The molecule has 0 spiro atoms. The van der Waals surface area contributed by atoms with Crippen molar-refractivity contribution in [3.8, 4) is 11.4 Å². The van der Waals surface area contributed by atoms with E-state index in [9.17, 15) is 0 Å². The highest BCUT2D eigenvalue weighted by atomic mass is 15.2. The molecule has 12 aromatic carbocycles. The summed E-state index contributed by atoms with van der Waals surface area (Å²) in [4.78, 5) is 5.47. The first-order valence-corrected chi connectivity index (χ1v) is 32.3. The number of nitrogens with zero attached hydrogens (tertiary/aromatic N) is 4. The number of benzene rings is 12. The van der Waals surface area contributed by atoms with Crippen molar-refractivity contribution in [2.45, 2.75) is 118 Å². The number of hydrogen-bond donors (Lipinski definition) is 0. The average molecular weight is 1120 g/mol. The molecule has 0 radical (unpaired) electrons. The van der Waals surface area contributed by atoms with Crippen LogP contribution in [0.3, 0.4) is 0 Å². The lowest BCUT2D eigenvalue weighted by Gasteiger charge is -2.34. The van der Waals surface area contributed by atoms with Gasteiger partial charge in [-0.25, -0.2) is 0 Å². The minimum Gasteiger partial charge on any atom is -0.307 e. The first-order valence-electron chi connectivity index (χ1n) is 32.3. The number of aromatic nitrogens is 2. The second-order valence-corrected chi connectivity index (χ2v) is 24.7. The second-order valence-electron chi connectivity index (χ2n) is 24.7. The highest BCUT2D eigenvalue weighted by Gasteiger charge is 2.31. The zero-order chi connectivity index (χ0) is 57.6. The number of aryl methyl sites for hydroxylation is 6. The zero-order valence-electron chi connectivity index (χ0n) is 50.3. The Morgan fingerprint density at radius 1 is 0.326 bits per heavy atom. The van der Waals surface area contributed by atoms with Gasteiger partial charge in [0.1, 0.15) is 0 Å². The lowest BCUT2D eigenvalue weighted by atomic mass is 9.85. The summed E-state index contributed by atoms with van der Waals surface area (Å²) in [5.41, 5.74) is 26.3. The van der Waals surface area contributed by atoms with Gasteiger partial charge in [-0.1, -0.05) is 174 Å². The minimum absolute atomic E-state index is 0.971. The van der Waals surface area contributed by atoms with Crippen LogP contribution in [0.1, 0.15) is 111 Å². The summed E-state index contributed by atoms with van der Waals surface area (Å²) in [6, 6.07) is 80.6. The molecular formula is C82H74N4. The monoisotopic (exact) mass is 1110 g/mol. The van der Waals surface area contributed by atoms with Crippen LogP contribution in [0, 0.1) is 0 Å². The summed E-state index contributed by atoms with van der Waals surface area (Å²) in [5, 5.41) is 13.1. The van der Waals surface area contributed by atoms with Crippen LogP contribution in [0.25, 0.3) is 87.3 Å². The first kappa shape index (κ1) is 52.4. The van der Waals surface area contributed by atoms with Crippen molar-refractivity contribution in [1.29, 1.82) is 0 Å². The van der Waals surface area contributed by atoms with Crippen molar-refractivity contribution in [2.24, 2.45) is 0 Å². The fraction of sp³-hybridized carbons (Fsp3) is 0.220. The molecule has 0 N–H and O–H groups in total. The molecule has 86 heavy (non-hydrogen) atoms. The van der Waals surface area contributed by atoms with Crippen LogP contribution >= 0.6 is 0 Å². The fourth-order valence-corrected chi connectivity index (χ4v) is 15.9. The van der Waals surface area contributed by atoms with Crippen LogP contribution < -0.4 is 9.80 Å². The summed E-state index contributed by atoms with van der Waals surface area (Å²) in [5.74, 6) is 0. The minimum atomic E-state index is 0.971. The Morgan fingerprint density at radius 2 is 0.721 bits per heavy atom. The van der Waals surface area contributed by atoms with Crippen molar-refractivity contribution in [2.75, 3.05) is 9.80 Å². The number of anilines is 6. The van der Waals surface area contributed by atoms with E-state index in [1.165, 1.54) is 192 Å². The summed E-state index contributed by atoms with van der Waals surface area (Å²) in [7, 11) is 0. The molecule has 0 unspecified atom stereocenters. The molecule has 4 nitrogen and oxygen atoms in total. The molecule has 2 aromatic heterocycles. The lowest BCUT2D eigenvalue weighted by Crippen LogP contribution is -2.17. The highest BCUT2D eigenvalue weighted by Crippen LogP contribution is 2.54. The van der Waals surface area contributed by atoms with Crippen LogP contribution in [-0.4, -0.2) is 9.13 Å². The van der Waals surface area contributed by atoms with Crippen molar-refractivity contribution >= 4 is 110 Å². The second kappa shape index (κ2) is 21.4. The van der Waals surface area contributed by atoms with E-state index in [0.29, 0.717) is 0 Å². The number of rotatable bonds is 14. The molecule has 0 atom stereocenters. The van der Waals surface area contributed by atoms with Gasteiger partial charge in [0.05, 0.1) is 44.8 Å². The fourth-order valence-electron chi connectivity index (χ4n) is 15.9. The third-order valence-electron chi connectivity index (χ3n) is 19.8. The molecule has 14 aromatic rings. The first-order chi connectivity index (χ1) is 42.5. The molecule has 0 amide bonds. The van der Waals surface area contributed by atoms with Gasteiger partial charge >= 0.3 is 0 Å². The van der Waals surface area contributed by atoms with E-state index < -0.39 is 0 Å². The van der Waals surface area contributed by atoms with Gasteiger partial charge in [-0.15, -0.1) is 0 Å². The number of fused-ring (bicyclic) bond motifs is 8. The summed E-state index contributed by atoms with van der Waals surface area (Å²) < 4.78 is 5.15. The van der Waals surface area contributed by atoms with Crippen LogP contribution in [0.5, 0.6) is 0 Å². The van der Waals surface area contributed by atoms with E-state index in [1.54, 1.807) is 0 Å². The number of hydrogen-bond acceptors (Lipinski definition) is 2. The van der Waals surface area contributed by atoms with Crippen molar-refractivity contribution in [3.63, 3.8) is 0 Å². The standard InChI is InChI=1S/C82H74N4/c1-5-23-57-51-77(85(71-41-19-29-55-27-9-11-33-61(55)71)75-43-21-37-67-65-35-13-15-39-73(65)83(81(67)75)59-31-17-25-53(7-3)49-59)69-48-46-64-58(24-6-2)52-78(70-47-45-63(57)79(69)80(64)70)86(72-42-20-30-56-28-10-12-34-62(56)72)76-44-22-38-68-66-36-14-16-40-74(66)84(82(68)76)60-32-18-26-54(8-4)50-60/h13-22,25-26,29-32,35-52H,5-12,23-24,27-28,33-34H2,1-4H3. The quantitative estimate of drug-likeness (QED) is 0.101. The molecule has 2 heterocycles. The predicted octanol–water partition coefficient (Wildman–Crippen LogP) is 22.5. The molecule has 16 rings (SSSR count). The summed E-state index contributed by atoms with van der Waals surface area (Å²) >= 11 is 0. The van der Waals surface area contributed by atoms with Gasteiger partial charge in [0, 0.05) is 55.1 Å². The maximum atomic E-state index is 2.74. The number of para-hydroxylation sites is 4. The van der Waals surface area contributed by atoms with Gasteiger partial charge < -0.3 is 18.9 Å². The Labute approximate surface area is 505 Å². The van der Waals surface area contributed by atoms with Crippen LogP contribution in [-0.2, 0) is 51.4 Å². The Balaban J connectivity index is 1.04. The Bertz CT molecular complexity index is 4660. The molecule has 4 heteroatoms. The van der Waals surface area contributed by atoms with E-state index in [0.717, 1.165) is 64.2 Å². The van der Waals surface area contributed by atoms with Crippen LogP contribution in [0.15, 0.2) is 206 Å². The van der Waals surface area contributed by atoms with Gasteiger partial charge in [0.2, 0.25) is 0 Å². The van der Waals surface area contributed by atoms with E-state index in [4.69, 9.17) is 0 Å². The normalized spacial score (nSPS) is 13.5. The van der Waals surface area contributed by atoms with Crippen LogP contribution in [0.4, 0.5) is 34.1 Å². The lowest BCUT2D eigenvalue weighted by molar-refractivity contribution is 0.686. The smallest absolute Gasteiger partial charge is 0.0782 e. The van der Waals surface area contributed by atoms with E-state index in [-0.39, 0.29) is 0 Å². The topological polar surface area (TPSA) is 16.3 Å². The molecule has 422 valence electrons. The van der Waals surface area contributed by atoms with E-state index >= 15 is 0 Å². The van der Waals surface area contributed by atoms with E-state index in [1.807, 2.05) is 0 Å². The molecule has 0 bridgehead atoms. The molecule has 2 aliphatic carbocycles. The Morgan fingerprint density at radius 3 is 1.17 bits per heavy atom. The maximum Gasteiger partial charge on any atom is 0.0782 e. The predicted molar refractivity (Wildman–Crippen MR) is 368 cm³/mol. The zero-order valence-corrected chi connectivity index (χ0v) is 50.3. The third-order valence-corrected chi connectivity index (χ3v) is 19.8. The molecule has 0 aliphatic heterocycles. The highest BCUT2D eigenvalue weighted by molar-refractivity contribution is 6.30. The van der Waals surface area contributed by atoms with Gasteiger partial charge in [-0.2, -0.15) is 0 Å². The largest absolute Gasteiger partial charge is 0.307 e. The van der Waals surface area contributed by atoms with E-state index in [2.05, 4.69) is 253 Å².